The lowest BCUT2D eigenvalue weighted by atomic mass is 9.76. The second-order valence-electron chi connectivity index (χ2n) is 7.53. The van der Waals surface area contributed by atoms with E-state index in [4.69, 9.17) is 14.0 Å². The summed E-state index contributed by atoms with van der Waals surface area (Å²) in [6, 6.07) is 0. The molecule has 0 aromatic carbocycles. The average molecular weight is 294 g/mol. The topological polar surface area (TPSA) is 27.7 Å². The molecule has 0 aliphatic carbocycles. The van der Waals surface area contributed by atoms with Crippen molar-refractivity contribution in [2.24, 2.45) is 0 Å². The zero-order chi connectivity index (χ0) is 15.9. The molecule has 0 spiro atoms. The van der Waals surface area contributed by atoms with Crippen LogP contribution in [0, 0.1) is 0 Å². The van der Waals surface area contributed by atoms with E-state index in [1.54, 1.807) is 0 Å². The van der Waals surface area contributed by atoms with Gasteiger partial charge in [-0.1, -0.05) is 13.0 Å². The predicted molar refractivity (Wildman–Crippen MR) is 85.5 cm³/mol. The molecule has 21 heavy (non-hydrogen) atoms. The Morgan fingerprint density at radius 2 is 1.71 bits per heavy atom. The van der Waals surface area contributed by atoms with Gasteiger partial charge in [-0.05, 0) is 34.1 Å². The van der Waals surface area contributed by atoms with Gasteiger partial charge in [0.05, 0.1) is 31.9 Å². The van der Waals surface area contributed by atoms with Crippen molar-refractivity contribution in [1.29, 1.82) is 0 Å². The summed E-state index contributed by atoms with van der Waals surface area (Å²) in [5, 5.41) is 0. The lowest BCUT2D eigenvalue weighted by Gasteiger charge is -2.34. The molecule has 0 aromatic heterocycles. The molecule has 0 radical (unpaired) electrons. The van der Waals surface area contributed by atoms with Crippen LogP contribution in [-0.4, -0.2) is 50.1 Å². The number of hydrogen-bond donors (Lipinski definition) is 0. The first-order valence-electron chi connectivity index (χ1n) is 7.82. The highest BCUT2D eigenvalue weighted by molar-refractivity contribution is 6.54. The number of ether oxygens (including phenoxy) is 1. The van der Waals surface area contributed by atoms with Crippen molar-refractivity contribution >= 4 is 7.12 Å². The summed E-state index contributed by atoms with van der Waals surface area (Å²) in [5.41, 5.74) is 0.582. The number of rotatable bonds is 4. The smallest absolute Gasteiger partial charge is 0.452 e. The van der Waals surface area contributed by atoms with E-state index in [9.17, 15) is 0 Å². The van der Waals surface area contributed by atoms with Crippen molar-refractivity contribution in [3.8, 4) is 0 Å². The van der Waals surface area contributed by atoms with E-state index in [2.05, 4.69) is 60.9 Å². The molecular formula is C16H29BNO3+. The molecule has 0 bridgehead atoms. The molecule has 1 saturated heterocycles. The van der Waals surface area contributed by atoms with Gasteiger partial charge in [0, 0.05) is 11.5 Å². The summed E-state index contributed by atoms with van der Waals surface area (Å²) in [7, 11) is 4.04. The van der Waals surface area contributed by atoms with Gasteiger partial charge < -0.3 is 14.0 Å². The van der Waals surface area contributed by atoms with Gasteiger partial charge in [0.15, 0.2) is 0 Å². The highest BCUT2D eigenvalue weighted by Gasteiger charge is 2.53. The first kappa shape index (κ1) is 16.6. The van der Waals surface area contributed by atoms with Crippen molar-refractivity contribution < 1.29 is 18.5 Å². The predicted octanol–water partition coefficient (Wildman–Crippen LogP) is 2.90. The first-order valence-corrected chi connectivity index (χ1v) is 7.82. The zero-order valence-electron chi connectivity index (χ0n) is 14.5. The molecule has 0 aromatic rings. The van der Waals surface area contributed by atoms with Crippen LogP contribution in [0.3, 0.4) is 0 Å². The van der Waals surface area contributed by atoms with Crippen molar-refractivity contribution in [2.75, 3.05) is 27.2 Å². The molecule has 2 aliphatic rings. The van der Waals surface area contributed by atoms with Crippen LogP contribution in [0.15, 0.2) is 23.5 Å². The minimum atomic E-state index is -0.293. The molecule has 0 N–H and O–H groups in total. The van der Waals surface area contributed by atoms with E-state index >= 15 is 0 Å². The summed E-state index contributed by atoms with van der Waals surface area (Å²) in [6.45, 7) is 12.1. The Hall–Kier alpha value is -0.775. The SMILES string of the molecule is CCCOC1=CC=C(B2OC(C)(C)C(C)(C)O2)C[N+]1(C)C. The van der Waals surface area contributed by atoms with Gasteiger partial charge in [0.25, 0.3) is 5.88 Å². The van der Waals surface area contributed by atoms with Gasteiger partial charge >= 0.3 is 7.12 Å². The van der Waals surface area contributed by atoms with E-state index < -0.39 is 0 Å². The molecule has 0 atom stereocenters. The monoisotopic (exact) mass is 294 g/mol. The molecule has 1 fully saturated rings. The average Bonchev–Trinajstić information content (AvgIpc) is 2.56. The van der Waals surface area contributed by atoms with Crippen LogP contribution in [0.1, 0.15) is 41.0 Å². The van der Waals surface area contributed by atoms with Crippen LogP contribution >= 0.6 is 0 Å². The molecule has 4 nitrogen and oxygen atoms in total. The fraction of sp³-hybridized carbons (Fsp3) is 0.750. The minimum absolute atomic E-state index is 0.267. The molecule has 0 unspecified atom stereocenters. The van der Waals surface area contributed by atoms with Gasteiger partial charge in [0.2, 0.25) is 0 Å². The van der Waals surface area contributed by atoms with E-state index in [0.717, 1.165) is 25.5 Å². The van der Waals surface area contributed by atoms with Gasteiger partial charge in [-0.3, -0.25) is 4.48 Å². The maximum Gasteiger partial charge on any atom is 0.496 e. The number of allylic oxidation sites excluding steroid dienone is 2. The van der Waals surface area contributed by atoms with Crippen molar-refractivity contribution in [1.82, 2.24) is 0 Å². The molecular weight excluding hydrogens is 265 g/mol. The summed E-state index contributed by atoms with van der Waals surface area (Å²) >= 11 is 0. The Morgan fingerprint density at radius 3 is 2.19 bits per heavy atom. The largest absolute Gasteiger partial charge is 0.496 e. The Kier molecular flexibility index (Phi) is 4.31. The molecule has 118 valence electrons. The van der Waals surface area contributed by atoms with E-state index in [-0.39, 0.29) is 18.3 Å². The second-order valence-corrected chi connectivity index (χ2v) is 7.53. The fourth-order valence-electron chi connectivity index (χ4n) is 2.54. The van der Waals surface area contributed by atoms with E-state index in [0.29, 0.717) is 4.48 Å². The van der Waals surface area contributed by atoms with Gasteiger partial charge in [0.1, 0.15) is 6.54 Å². The first-order chi connectivity index (χ1) is 9.59. The van der Waals surface area contributed by atoms with Crippen LogP contribution < -0.4 is 0 Å². The normalized spacial score (nSPS) is 26.3. The Labute approximate surface area is 129 Å². The Bertz CT molecular complexity index is 450. The summed E-state index contributed by atoms with van der Waals surface area (Å²) in [6.07, 6.45) is 5.17. The third kappa shape index (κ3) is 3.20. The zero-order valence-corrected chi connectivity index (χ0v) is 14.5. The Balaban J connectivity index is 2.16. The standard InChI is InChI=1S/C16H29BNO3/c1-8-11-19-14-10-9-13(12-18(14,6)7)17-20-15(2,3)16(4,5)21-17/h9-10H,8,11-12H2,1-7H3/q+1. The summed E-state index contributed by atoms with van der Waals surface area (Å²) in [4.78, 5) is 0. The number of quaternary nitrogens is 1. The van der Waals surface area contributed by atoms with Crippen LogP contribution in [0.5, 0.6) is 0 Å². The summed E-state index contributed by atoms with van der Waals surface area (Å²) < 4.78 is 18.8. The van der Waals surface area contributed by atoms with Gasteiger partial charge in [-0.25, -0.2) is 0 Å². The molecule has 2 aliphatic heterocycles. The molecule has 5 heteroatoms. The third-order valence-electron chi connectivity index (χ3n) is 4.62. The van der Waals surface area contributed by atoms with Crippen molar-refractivity contribution in [2.45, 2.75) is 52.2 Å². The minimum Gasteiger partial charge on any atom is -0.452 e. The van der Waals surface area contributed by atoms with Gasteiger partial charge in [-0.15, -0.1) is 0 Å². The van der Waals surface area contributed by atoms with Crippen LogP contribution in [0.4, 0.5) is 0 Å². The Morgan fingerprint density at radius 1 is 1.14 bits per heavy atom. The quantitative estimate of drug-likeness (QED) is 0.589. The van der Waals surface area contributed by atoms with Gasteiger partial charge in [-0.2, -0.15) is 0 Å². The fourth-order valence-corrected chi connectivity index (χ4v) is 2.54. The molecule has 0 saturated carbocycles. The molecule has 2 heterocycles. The maximum absolute atomic E-state index is 6.14. The number of hydrogen-bond acceptors (Lipinski definition) is 3. The van der Waals surface area contributed by atoms with Crippen LogP contribution in [0.2, 0.25) is 0 Å². The highest BCUT2D eigenvalue weighted by Crippen LogP contribution is 2.39. The maximum atomic E-state index is 6.14. The van der Waals surface area contributed by atoms with Crippen LogP contribution in [-0.2, 0) is 14.0 Å². The third-order valence-corrected chi connectivity index (χ3v) is 4.62. The van der Waals surface area contributed by atoms with Crippen molar-refractivity contribution in [3.63, 3.8) is 0 Å². The molecule has 0 amide bonds. The lowest BCUT2D eigenvalue weighted by Crippen LogP contribution is -2.45. The lowest BCUT2D eigenvalue weighted by molar-refractivity contribution is -0.863. The second kappa shape index (κ2) is 5.45. The number of nitrogens with zero attached hydrogens (tertiary/aromatic N) is 1. The highest BCUT2D eigenvalue weighted by atomic mass is 16.7. The van der Waals surface area contributed by atoms with Crippen LogP contribution in [0.25, 0.3) is 0 Å². The van der Waals surface area contributed by atoms with E-state index in [1.807, 2.05) is 0 Å². The number of likely N-dealkylation sites (N-methyl/N-ethyl adjacent to an activating group) is 1. The van der Waals surface area contributed by atoms with Crippen molar-refractivity contribution in [3.05, 3.63) is 23.5 Å². The van der Waals surface area contributed by atoms with E-state index in [1.165, 1.54) is 5.47 Å². The molecule has 2 rings (SSSR count). The summed E-state index contributed by atoms with van der Waals surface area (Å²) in [5.74, 6) is 0.997.